The monoisotopic (exact) mass is 361 g/mol. The van der Waals surface area contributed by atoms with Gasteiger partial charge in [0.1, 0.15) is 5.03 Å². The molecule has 1 N–H and O–H groups in total. The van der Waals surface area contributed by atoms with Gasteiger partial charge >= 0.3 is 0 Å². The summed E-state index contributed by atoms with van der Waals surface area (Å²) in [6.07, 6.45) is 0. The summed E-state index contributed by atoms with van der Waals surface area (Å²) in [6.45, 7) is 0. The third kappa shape index (κ3) is 4.31. The summed E-state index contributed by atoms with van der Waals surface area (Å²) in [7, 11) is 0. The predicted octanol–water partition coefficient (Wildman–Crippen LogP) is 4.74. The van der Waals surface area contributed by atoms with Crippen LogP contribution in [0.2, 0.25) is 5.02 Å². The Morgan fingerprint density at radius 1 is 1.13 bits per heavy atom. The van der Waals surface area contributed by atoms with E-state index in [1.807, 2.05) is 41.8 Å². The predicted molar refractivity (Wildman–Crippen MR) is 95.3 cm³/mol. The molecule has 0 bridgehead atoms. The van der Waals surface area contributed by atoms with E-state index in [1.165, 1.54) is 11.3 Å². The van der Waals surface area contributed by atoms with Crippen LogP contribution >= 0.6 is 34.7 Å². The molecule has 0 fully saturated rings. The summed E-state index contributed by atoms with van der Waals surface area (Å²) in [4.78, 5) is 12.6. The van der Waals surface area contributed by atoms with E-state index in [2.05, 4.69) is 15.5 Å². The first-order valence-corrected chi connectivity index (χ1v) is 9.01. The highest BCUT2D eigenvalue weighted by Crippen LogP contribution is 2.25. The maximum atomic E-state index is 11.9. The smallest absolute Gasteiger partial charge is 0.266 e. The topological polar surface area (TPSA) is 54.9 Å². The Bertz CT molecular complexity index is 791. The van der Waals surface area contributed by atoms with Crippen molar-refractivity contribution in [3.63, 3.8) is 0 Å². The molecule has 0 radical (unpaired) electrons. The maximum absolute atomic E-state index is 11.9. The molecule has 0 unspecified atom stereocenters. The highest BCUT2D eigenvalue weighted by atomic mass is 35.5. The summed E-state index contributed by atoms with van der Waals surface area (Å²) in [5.41, 5.74) is 1.05. The number of hydrogen-bond acceptors (Lipinski definition) is 5. The van der Waals surface area contributed by atoms with Crippen molar-refractivity contribution in [1.82, 2.24) is 10.2 Å². The van der Waals surface area contributed by atoms with Crippen molar-refractivity contribution in [1.29, 1.82) is 0 Å². The number of hydrogen-bond donors (Lipinski definition) is 1. The third-order valence-corrected chi connectivity index (χ3v) is 5.17. The summed E-state index contributed by atoms with van der Waals surface area (Å²) in [5, 5.41) is 14.2. The quantitative estimate of drug-likeness (QED) is 0.667. The molecular formula is C16H12ClN3OS2. The molecule has 2 aromatic heterocycles. The van der Waals surface area contributed by atoms with Crippen molar-refractivity contribution in [2.75, 3.05) is 5.32 Å². The molecule has 1 amide bonds. The fraction of sp³-hybridized carbons (Fsp3) is 0.0625. The molecule has 116 valence electrons. The van der Waals surface area contributed by atoms with Crippen LogP contribution < -0.4 is 5.32 Å². The maximum Gasteiger partial charge on any atom is 0.266 e. The number of nitrogens with zero attached hydrogens (tertiary/aromatic N) is 2. The van der Waals surface area contributed by atoms with Gasteiger partial charge in [0, 0.05) is 10.8 Å². The minimum Gasteiger partial charge on any atom is -0.304 e. The largest absolute Gasteiger partial charge is 0.304 e. The van der Waals surface area contributed by atoms with Crippen LogP contribution in [-0.4, -0.2) is 16.1 Å². The molecule has 3 aromatic rings. The zero-order valence-corrected chi connectivity index (χ0v) is 14.3. The van der Waals surface area contributed by atoms with Crippen LogP contribution in [0, 0.1) is 0 Å². The highest BCUT2D eigenvalue weighted by Gasteiger charge is 2.08. The van der Waals surface area contributed by atoms with Gasteiger partial charge in [0.25, 0.3) is 5.91 Å². The first kappa shape index (κ1) is 16.0. The Morgan fingerprint density at radius 2 is 2.00 bits per heavy atom. The van der Waals surface area contributed by atoms with Gasteiger partial charge in [0.05, 0.1) is 4.88 Å². The SMILES string of the molecule is O=C(Nc1ccc(SCc2ccccc2Cl)nn1)c1cccs1. The lowest BCUT2D eigenvalue weighted by molar-refractivity contribution is 0.103. The third-order valence-electron chi connectivity index (χ3n) is 2.96. The van der Waals surface area contributed by atoms with Crippen LogP contribution in [0.25, 0.3) is 0 Å². The lowest BCUT2D eigenvalue weighted by Gasteiger charge is -2.05. The second-order valence-corrected chi connectivity index (χ2v) is 6.92. The Morgan fingerprint density at radius 3 is 2.70 bits per heavy atom. The molecule has 0 aliphatic rings. The lowest BCUT2D eigenvalue weighted by Crippen LogP contribution is -2.11. The molecule has 0 atom stereocenters. The van der Waals surface area contributed by atoms with Crippen LogP contribution in [0.1, 0.15) is 15.2 Å². The number of thioether (sulfide) groups is 1. The van der Waals surface area contributed by atoms with Gasteiger partial charge in [-0.25, -0.2) is 0 Å². The van der Waals surface area contributed by atoms with Gasteiger partial charge in [0.15, 0.2) is 5.82 Å². The molecule has 2 heterocycles. The van der Waals surface area contributed by atoms with Crippen LogP contribution in [0.15, 0.2) is 58.9 Å². The van der Waals surface area contributed by atoms with Gasteiger partial charge in [-0.15, -0.1) is 21.5 Å². The molecule has 23 heavy (non-hydrogen) atoms. The fourth-order valence-electron chi connectivity index (χ4n) is 1.82. The average molecular weight is 362 g/mol. The van der Waals surface area contributed by atoms with Crippen molar-refractivity contribution in [2.45, 2.75) is 10.8 Å². The van der Waals surface area contributed by atoms with E-state index < -0.39 is 0 Å². The molecular weight excluding hydrogens is 350 g/mol. The summed E-state index contributed by atoms with van der Waals surface area (Å²) in [5.74, 6) is 0.978. The van der Waals surface area contributed by atoms with Crippen LogP contribution in [0.4, 0.5) is 5.82 Å². The van der Waals surface area contributed by atoms with Crippen molar-refractivity contribution >= 4 is 46.4 Å². The van der Waals surface area contributed by atoms with Gasteiger partial charge < -0.3 is 5.32 Å². The second-order valence-electron chi connectivity index (χ2n) is 4.57. The number of carbonyl (C=O) groups excluding carboxylic acids is 1. The minimum atomic E-state index is -0.175. The Kier molecular flexibility index (Phi) is 5.27. The van der Waals surface area contributed by atoms with Crippen LogP contribution in [0.3, 0.4) is 0 Å². The Hall–Kier alpha value is -1.89. The van der Waals surface area contributed by atoms with Crippen molar-refractivity contribution < 1.29 is 4.79 Å². The fourth-order valence-corrected chi connectivity index (χ4v) is 3.54. The number of carbonyl (C=O) groups is 1. The average Bonchev–Trinajstić information content (AvgIpc) is 3.10. The first-order chi connectivity index (χ1) is 11.2. The van der Waals surface area contributed by atoms with Crippen LogP contribution in [-0.2, 0) is 5.75 Å². The van der Waals surface area contributed by atoms with Crippen molar-refractivity contribution in [3.05, 3.63) is 69.4 Å². The van der Waals surface area contributed by atoms with E-state index in [4.69, 9.17) is 11.6 Å². The van der Waals surface area contributed by atoms with Gasteiger partial charge in [-0.2, -0.15) is 0 Å². The lowest BCUT2D eigenvalue weighted by atomic mass is 10.2. The summed E-state index contributed by atoms with van der Waals surface area (Å²) >= 11 is 9.05. The molecule has 0 saturated carbocycles. The molecule has 0 saturated heterocycles. The zero-order chi connectivity index (χ0) is 16.1. The molecule has 4 nitrogen and oxygen atoms in total. The zero-order valence-electron chi connectivity index (χ0n) is 11.9. The molecule has 0 aliphatic carbocycles. The first-order valence-electron chi connectivity index (χ1n) is 6.77. The van der Waals surface area contributed by atoms with Gasteiger partial charge in [0.2, 0.25) is 0 Å². The van der Waals surface area contributed by atoms with E-state index in [0.29, 0.717) is 10.7 Å². The molecule has 0 aliphatic heterocycles. The standard InChI is InChI=1S/C16H12ClN3OS2/c17-12-5-2-1-4-11(12)10-23-15-8-7-14(19-20-15)18-16(21)13-6-3-9-22-13/h1-9H,10H2,(H,18,19,21). The molecule has 1 aromatic carbocycles. The number of anilines is 1. The summed E-state index contributed by atoms with van der Waals surface area (Å²) in [6, 6.07) is 14.9. The van der Waals surface area contributed by atoms with Crippen molar-refractivity contribution in [2.24, 2.45) is 0 Å². The number of rotatable bonds is 5. The molecule has 0 spiro atoms. The van der Waals surface area contributed by atoms with Crippen molar-refractivity contribution in [3.8, 4) is 0 Å². The Balaban J connectivity index is 1.59. The number of amides is 1. The minimum absolute atomic E-state index is 0.175. The second kappa shape index (κ2) is 7.59. The van der Waals surface area contributed by atoms with E-state index in [1.54, 1.807) is 23.9 Å². The number of aromatic nitrogens is 2. The van der Waals surface area contributed by atoms with E-state index in [0.717, 1.165) is 21.4 Å². The van der Waals surface area contributed by atoms with E-state index in [-0.39, 0.29) is 5.91 Å². The number of benzene rings is 1. The summed E-state index contributed by atoms with van der Waals surface area (Å²) < 4.78 is 0. The molecule has 7 heteroatoms. The number of nitrogens with one attached hydrogen (secondary N) is 1. The Labute approximate surface area is 146 Å². The normalized spacial score (nSPS) is 10.5. The molecule has 3 rings (SSSR count). The van der Waals surface area contributed by atoms with Gasteiger partial charge in [-0.3, -0.25) is 4.79 Å². The van der Waals surface area contributed by atoms with Crippen LogP contribution in [0.5, 0.6) is 0 Å². The number of thiophene rings is 1. The van der Waals surface area contributed by atoms with E-state index >= 15 is 0 Å². The number of halogens is 1. The van der Waals surface area contributed by atoms with Gasteiger partial charge in [-0.1, -0.05) is 47.6 Å². The van der Waals surface area contributed by atoms with E-state index in [9.17, 15) is 4.79 Å². The highest BCUT2D eigenvalue weighted by molar-refractivity contribution is 7.98. The van der Waals surface area contributed by atoms with Gasteiger partial charge in [-0.05, 0) is 35.2 Å².